The fraction of sp³-hybridized carbons (Fsp3) is 0.0370. The molecule has 5 rings (SSSR count). The summed E-state index contributed by atoms with van der Waals surface area (Å²) in [6, 6.07) is 16.4. The summed E-state index contributed by atoms with van der Waals surface area (Å²) in [6.07, 6.45) is 0. The number of aromatic hydroxyl groups is 4. The Morgan fingerprint density at radius 2 is 0.909 bits per heavy atom. The minimum atomic E-state index is -0.824. The molecule has 33 heavy (non-hydrogen) atoms. The van der Waals surface area contributed by atoms with E-state index in [1.807, 2.05) is 0 Å². The maximum absolute atomic E-state index is 15.2. The van der Waals surface area contributed by atoms with E-state index in [1.165, 1.54) is 49.4 Å². The monoisotopic (exact) mass is 444 g/mol. The number of fused-ring (bicyclic) bond motifs is 2. The van der Waals surface area contributed by atoms with Crippen molar-refractivity contribution in [1.29, 1.82) is 0 Å². The van der Waals surface area contributed by atoms with Crippen LogP contribution in [0, 0.1) is 18.6 Å². The molecule has 4 N–H and O–H groups in total. The van der Waals surface area contributed by atoms with Crippen molar-refractivity contribution in [1.82, 2.24) is 0 Å². The number of rotatable bonds is 2. The van der Waals surface area contributed by atoms with E-state index in [-0.39, 0.29) is 50.8 Å². The molecule has 6 heteroatoms. The first-order valence-electron chi connectivity index (χ1n) is 10.1. The number of benzene rings is 5. The molecule has 0 bridgehead atoms. The second-order valence-corrected chi connectivity index (χ2v) is 8.03. The van der Waals surface area contributed by atoms with Crippen LogP contribution in [0.3, 0.4) is 0 Å². The number of halogens is 2. The summed E-state index contributed by atoms with van der Waals surface area (Å²) in [5, 5.41) is 43.0. The Bertz CT molecular complexity index is 1480. The van der Waals surface area contributed by atoms with E-state index in [9.17, 15) is 20.4 Å². The van der Waals surface area contributed by atoms with Crippen LogP contribution in [0.15, 0.2) is 66.7 Å². The molecule has 0 atom stereocenters. The van der Waals surface area contributed by atoms with Gasteiger partial charge in [0.2, 0.25) is 0 Å². The second kappa shape index (κ2) is 7.38. The minimum absolute atomic E-state index is 0.0263. The van der Waals surface area contributed by atoms with Crippen LogP contribution in [0.1, 0.15) is 5.56 Å². The molecule has 0 aromatic heterocycles. The Balaban J connectivity index is 1.77. The van der Waals surface area contributed by atoms with Gasteiger partial charge in [0.1, 0.15) is 34.6 Å². The quantitative estimate of drug-likeness (QED) is 0.243. The number of phenolic OH excluding ortho intramolecular Hbond substituents is 4. The molecule has 0 heterocycles. The third-order valence-corrected chi connectivity index (χ3v) is 5.88. The Kier molecular flexibility index (Phi) is 4.60. The summed E-state index contributed by atoms with van der Waals surface area (Å²) in [5.41, 5.74) is 0.00143. The highest BCUT2D eigenvalue weighted by molar-refractivity contribution is 5.94. The zero-order valence-corrected chi connectivity index (χ0v) is 17.4. The van der Waals surface area contributed by atoms with Crippen molar-refractivity contribution < 1.29 is 29.2 Å². The highest BCUT2D eigenvalue weighted by Crippen LogP contribution is 2.42. The Morgan fingerprint density at radius 3 is 1.33 bits per heavy atom. The summed E-state index contributed by atoms with van der Waals surface area (Å²) in [5.74, 6) is -2.06. The van der Waals surface area contributed by atoms with E-state index < -0.39 is 11.6 Å². The first-order chi connectivity index (χ1) is 15.7. The smallest absolute Gasteiger partial charge is 0.137 e. The standard InChI is InChI=1S/C27H18F2O4/c1-13-26(28)22(20-8-14-2-4-18(30)6-16(14)10-24(20)32)12-23(27(13)29)21-9-15-3-5-19(31)7-17(15)11-25(21)33/h2-12,30-33H,1H3. The Labute approximate surface area is 187 Å². The largest absolute Gasteiger partial charge is 0.508 e. The number of hydrogen-bond acceptors (Lipinski definition) is 4. The summed E-state index contributed by atoms with van der Waals surface area (Å²) < 4.78 is 30.4. The molecule has 0 aliphatic heterocycles. The van der Waals surface area contributed by atoms with Gasteiger partial charge in [-0.3, -0.25) is 0 Å². The van der Waals surface area contributed by atoms with Gasteiger partial charge in [0, 0.05) is 27.8 Å². The van der Waals surface area contributed by atoms with Gasteiger partial charge in [0.05, 0.1) is 0 Å². The molecule has 0 aliphatic carbocycles. The van der Waals surface area contributed by atoms with Crippen molar-refractivity contribution in [3.8, 4) is 45.3 Å². The summed E-state index contributed by atoms with van der Waals surface area (Å²) in [7, 11) is 0. The zero-order valence-electron chi connectivity index (χ0n) is 17.4. The normalized spacial score (nSPS) is 11.4. The third kappa shape index (κ3) is 3.36. The lowest BCUT2D eigenvalue weighted by atomic mass is 9.92. The average molecular weight is 444 g/mol. The molecule has 0 radical (unpaired) electrons. The van der Waals surface area contributed by atoms with E-state index in [0.717, 1.165) is 0 Å². The van der Waals surface area contributed by atoms with Crippen molar-refractivity contribution in [2.24, 2.45) is 0 Å². The predicted octanol–water partition coefficient (Wildman–Crippen LogP) is 6.74. The van der Waals surface area contributed by atoms with Crippen LogP contribution < -0.4 is 0 Å². The number of phenols is 4. The SMILES string of the molecule is Cc1c(F)c(-c2cc3ccc(O)cc3cc2O)cc(-c2cc3ccc(O)cc3cc2O)c1F. The second-order valence-electron chi connectivity index (χ2n) is 8.03. The molecule has 4 nitrogen and oxygen atoms in total. The van der Waals surface area contributed by atoms with Gasteiger partial charge in [0.25, 0.3) is 0 Å². The van der Waals surface area contributed by atoms with Gasteiger partial charge in [-0.15, -0.1) is 0 Å². The van der Waals surface area contributed by atoms with Gasteiger partial charge in [0.15, 0.2) is 0 Å². The molecule has 5 aromatic carbocycles. The van der Waals surface area contributed by atoms with Gasteiger partial charge < -0.3 is 20.4 Å². The van der Waals surface area contributed by atoms with Crippen LogP contribution in [0.2, 0.25) is 0 Å². The Morgan fingerprint density at radius 1 is 0.485 bits per heavy atom. The summed E-state index contributed by atoms with van der Waals surface area (Å²) in [6.45, 7) is 1.30. The fourth-order valence-electron chi connectivity index (χ4n) is 4.14. The fourth-order valence-corrected chi connectivity index (χ4v) is 4.14. The Hall–Kier alpha value is -4.32. The molecule has 0 spiro atoms. The third-order valence-electron chi connectivity index (χ3n) is 5.88. The molecular weight excluding hydrogens is 426 g/mol. The van der Waals surface area contributed by atoms with Crippen LogP contribution in [-0.2, 0) is 0 Å². The lowest BCUT2D eigenvalue weighted by Gasteiger charge is -2.15. The molecule has 0 fully saturated rings. The van der Waals surface area contributed by atoms with E-state index in [2.05, 4.69) is 0 Å². The first kappa shape index (κ1) is 20.6. The summed E-state index contributed by atoms with van der Waals surface area (Å²) >= 11 is 0. The molecule has 0 unspecified atom stereocenters. The summed E-state index contributed by atoms with van der Waals surface area (Å²) in [4.78, 5) is 0. The number of hydrogen-bond donors (Lipinski definition) is 4. The highest BCUT2D eigenvalue weighted by atomic mass is 19.1. The predicted molar refractivity (Wildman–Crippen MR) is 124 cm³/mol. The molecule has 0 aliphatic rings. The lowest BCUT2D eigenvalue weighted by molar-refractivity contribution is 0.474. The van der Waals surface area contributed by atoms with Crippen LogP contribution in [0.25, 0.3) is 43.8 Å². The van der Waals surface area contributed by atoms with Crippen molar-refractivity contribution in [3.63, 3.8) is 0 Å². The van der Waals surface area contributed by atoms with Crippen LogP contribution in [-0.4, -0.2) is 20.4 Å². The molecule has 0 saturated carbocycles. The van der Waals surface area contributed by atoms with Crippen LogP contribution >= 0.6 is 0 Å². The first-order valence-corrected chi connectivity index (χ1v) is 10.1. The van der Waals surface area contributed by atoms with Crippen molar-refractivity contribution in [3.05, 3.63) is 83.9 Å². The zero-order chi connectivity index (χ0) is 23.4. The highest BCUT2D eigenvalue weighted by Gasteiger charge is 2.22. The molecule has 0 amide bonds. The van der Waals surface area contributed by atoms with Gasteiger partial charge in [-0.1, -0.05) is 12.1 Å². The molecule has 5 aromatic rings. The van der Waals surface area contributed by atoms with Gasteiger partial charge in [-0.05, 0) is 83.1 Å². The van der Waals surface area contributed by atoms with E-state index in [1.54, 1.807) is 24.3 Å². The van der Waals surface area contributed by atoms with Gasteiger partial charge in [-0.2, -0.15) is 0 Å². The van der Waals surface area contributed by atoms with Crippen LogP contribution in [0.4, 0.5) is 8.78 Å². The maximum atomic E-state index is 15.2. The minimum Gasteiger partial charge on any atom is -0.508 e. The van der Waals surface area contributed by atoms with E-state index >= 15 is 8.78 Å². The maximum Gasteiger partial charge on any atom is 0.137 e. The van der Waals surface area contributed by atoms with Crippen LogP contribution in [0.5, 0.6) is 23.0 Å². The molecular formula is C27H18F2O4. The lowest BCUT2D eigenvalue weighted by Crippen LogP contribution is -1.98. The molecule has 0 saturated heterocycles. The van der Waals surface area contributed by atoms with E-state index in [0.29, 0.717) is 21.5 Å². The van der Waals surface area contributed by atoms with Gasteiger partial charge in [-0.25, -0.2) is 8.78 Å². The van der Waals surface area contributed by atoms with Crippen molar-refractivity contribution in [2.75, 3.05) is 0 Å². The van der Waals surface area contributed by atoms with E-state index in [4.69, 9.17) is 0 Å². The van der Waals surface area contributed by atoms with Crippen molar-refractivity contribution in [2.45, 2.75) is 6.92 Å². The topological polar surface area (TPSA) is 80.9 Å². The van der Waals surface area contributed by atoms with Crippen molar-refractivity contribution >= 4 is 21.5 Å². The van der Waals surface area contributed by atoms with Gasteiger partial charge >= 0.3 is 0 Å². The average Bonchev–Trinajstić information content (AvgIpc) is 2.77. The molecule has 164 valence electrons.